The third kappa shape index (κ3) is 5.18. The minimum Gasteiger partial charge on any atom is -0.478 e. The average Bonchev–Trinajstić information content (AvgIpc) is 2.60. The average molecular weight is 348 g/mol. The van der Waals surface area contributed by atoms with Gasteiger partial charge in [0.15, 0.2) is 0 Å². The van der Waals surface area contributed by atoms with Crippen LogP contribution in [0.4, 0.5) is 5.69 Å². The molecular formula is C20H32N2O3. The van der Waals surface area contributed by atoms with Crippen LogP contribution in [0, 0.1) is 12.8 Å². The summed E-state index contributed by atoms with van der Waals surface area (Å²) in [7, 11) is 0. The van der Waals surface area contributed by atoms with Gasteiger partial charge in [-0.3, -0.25) is 4.79 Å². The zero-order valence-electron chi connectivity index (χ0n) is 16.1. The molecule has 1 fully saturated rings. The van der Waals surface area contributed by atoms with Crippen molar-refractivity contribution < 1.29 is 14.3 Å². The molecule has 5 nitrogen and oxygen atoms in total. The number of hydrogen-bond donors (Lipinski definition) is 1. The molecule has 1 aromatic heterocycles. The molecule has 1 aromatic rings. The summed E-state index contributed by atoms with van der Waals surface area (Å²) in [6.07, 6.45) is 5.60. The summed E-state index contributed by atoms with van der Waals surface area (Å²) in [5, 5.41) is 3.05. The number of anilines is 1. The Balaban J connectivity index is 2.12. The largest absolute Gasteiger partial charge is 0.478 e. The van der Waals surface area contributed by atoms with Crippen molar-refractivity contribution in [2.75, 3.05) is 18.5 Å². The van der Waals surface area contributed by atoms with E-state index in [1.165, 1.54) is 0 Å². The highest BCUT2D eigenvalue weighted by Gasteiger charge is 2.42. The first-order valence-corrected chi connectivity index (χ1v) is 9.56. The highest BCUT2D eigenvalue weighted by Crippen LogP contribution is 2.36. The van der Waals surface area contributed by atoms with Gasteiger partial charge >= 0.3 is 0 Å². The van der Waals surface area contributed by atoms with Gasteiger partial charge in [0.1, 0.15) is 5.60 Å². The highest BCUT2D eigenvalue weighted by molar-refractivity contribution is 5.97. The standard InChI is InChI=1S/C20H32N2O3/c1-5-12-24-18-10-9-17(16(4)21-18)22-19(23)20(25-13-6-2)11-7-8-15(3)14-20/h9-10,15H,5-8,11-14H2,1-4H3,(H,22,23). The minimum absolute atomic E-state index is 0.0420. The third-order valence-electron chi connectivity index (χ3n) is 4.71. The molecule has 0 saturated heterocycles. The molecule has 0 bridgehead atoms. The van der Waals surface area contributed by atoms with Crippen LogP contribution >= 0.6 is 0 Å². The predicted molar refractivity (Wildman–Crippen MR) is 100.0 cm³/mol. The van der Waals surface area contributed by atoms with E-state index in [9.17, 15) is 4.79 Å². The highest BCUT2D eigenvalue weighted by atomic mass is 16.5. The summed E-state index contributed by atoms with van der Waals surface area (Å²) in [5.41, 5.74) is 0.778. The molecule has 1 heterocycles. The quantitative estimate of drug-likeness (QED) is 0.752. The summed E-state index contributed by atoms with van der Waals surface area (Å²) in [6.45, 7) is 9.47. The number of hydrogen-bond acceptors (Lipinski definition) is 4. The maximum Gasteiger partial charge on any atom is 0.256 e. The van der Waals surface area contributed by atoms with Crippen molar-refractivity contribution in [2.45, 2.75) is 71.8 Å². The number of nitrogens with one attached hydrogen (secondary N) is 1. The number of rotatable bonds is 8. The topological polar surface area (TPSA) is 60.5 Å². The Bertz CT molecular complexity index is 576. The predicted octanol–water partition coefficient (Wildman–Crippen LogP) is 4.49. The van der Waals surface area contributed by atoms with Gasteiger partial charge in [-0.15, -0.1) is 0 Å². The van der Waals surface area contributed by atoms with Crippen molar-refractivity contribution in [3.63, 3.8) is 0 Å². The van der Waals surface area contributed by atoms with Crippen LogP contribution in [0.5, 0.6) is 5.88 Å². The van der Waals surface area contributed by atoms with E-state index in [1.54, 1.807) is 6.07 Å². The monoisotopic (exact) mass is 348 g/mol. The van der Waals surface area contributed by atoms with E-state index in [1.807, 2.05) is 13.0 Å². The van der Waals surface area contributed by atoms with Gasteiger partial charge in [-0.05, 0) is 51.0 Å². The summed E-state index contributed by atoms with van der Waals surface area (Å²) < 4.78 is 11.6. The summed E-state index contributed by atoms with van der Waals surface area (Å²) in [4.78, 5) is 17.5. The first-order chi connectivity index (χ1) is 12.0. The second kappa shape index (κ2) is 9.18. The van der Waals surface area contributed by atoms with Crippen molar-refractivity contribution in [3.05, 3.63) is 17.8 Å². The van der Waals surface area contributed by atoms with Crippen LogP contribution in [0.15, 0.2) is 12.1 Å². The van der Waals surface area contributed by atoms with Crippen LogP contribution in [-0.2, 0) is 9.53 Å². The molecule has 1 aliphatic rings. The molecule has 2 atom stereocenters. The number of pyridine rings is 1. The van der Waals surface area contributed by atoms with Crippen LogP contribution in [0.1, 0.15) is 65.0 Å². The van der Waals surface area contributed by atoms with Crippen LogP contribution in [0.3, 0.4) is 0 Å². The zero-order valence-corrected chi connectivity index (χ0v) is 16.1. The third-order valence-corrected chi connectivity index (χ3v) is 4.71. The molecular weight excluding hydrogens is 316 g/mol. The van der Waals surface area contributed by atoms with Gasteiger partial charge in [-0.2, -0.15) is 0 Å². The Morgan fingerprint density at radius 2 is 2.08 bits per heavy atom. The Morgan fingerprint density at radius 3 is 2.72 bits per heavy atom. The van der Waals surface area contributed by atoms with Crippen molar-refractivity contribution >= 4 is 11.6 Å². The number of nitrogens with zero attached hydrogens (tertiary/aromatic N) is 1. The van der Waals surface area contributed by atoms with E-state index >= 15 is 0 Å². The van der Waals surface area contributed by atoms with E-state index < -0.39 is 5.60 Å². The van der Waals surface area contributed by atoms with E-state index in [2.05, 4.69) is 31.1 Å². The number of ether oxygens (including phenoxy) is 2. The number of aryl methyl sites for hydroxylation is 1. The molecule has 5 heteroatoms. The maximum atomic E-state index is 13.1. The SMILES string of the molecule is CCCOc1ccc(NC(=O)C2(OCCC)CCCC(C)C2)c(C)n1. The minimum atomic E-state index is -0.711. The number of carbonyl (C=O) groups excluding carboxylic acids is 1. The van der Waals surface area contributed by atoms with Crippen LogP contribution < -0.4 is 10.1 Å². The second-order valence-corrected chi connectivity index (χ2v) is 7.13. The lowest BCUT2D eigenvalue weighted by atomic mass is 9.78. The van der Waals surface area contributed by atoms with Gasteiger partial charge in [0.05, 0.1) is 18.0 Å². The summed E-state index contributed by atoms with van der Waals surface area (Å²) in [6, 6.07) is 3.67. The molecule has 0 spiro atoms. The van der Waals surface area contributed by atoms with Crippen LogP contribution in [0.25, 0.3) is 0 Å². The molecule has 2 unspecified atom stereocenters. The number of amides is 1. The van der Waals surface area contributed by atoms with Crippen molar-refractivity contribution in [2.24, 2.45) is 5.92 Å². The van der Waals surface area contributed by atoms with Crippen molar-refractivity contribution in [3.8, 4) is 5.88 Å². The maximum absolute atomic E-state index is 13.1. The van der Waals surface area contributed by atoms with Crippen molar-refractivity contribution in [1.29, 1.82) is 0 Å². The smallest absolute Gasteiger partial charge is 0.256 e. The molecule has 1 amide bonds. The molecule has 2 rings (SSSR count). The first kappa shape index (κ1) is 19.7. The fraction of sp³-hybridized carbons (Fsp3) is 0.700. The Kier molecular flexibility index (Phi) is 7.24. The summed E-state index contributed by atoms with van der Waals surface area (Å²) >= 11 is 0. The van der Waals surface area contributed by atoms with Gasteiger partial charge < -0.3 is 14.8 Å². The number of carbonyl (C=O) groups is 1. The van der Waals surface area contributed by atoms with Crippen molar-refractivity contribution in [1.82, 2.24) is 4.98 Å². The van der Waals surface area contributed by atoms with E-state index in [0.717, 1.165) is 49.9 Å². The van der Waals surface area contributed by atoms with Gasteiger partial charge in [-0.25, -0.2) is 4.98 Å². The van der Waals surface area contributed by atoms with Gasteiger partial charge in [0, 0.05) is 12.7 Å². The molecule has 1 saturated carbocycles. The Labute approximate surface area is 151 Å². The molecule has 0 aromatic carbocycles. The molecule has 0 aliphatic heterocycles. The number of aromatic nitrogens is 1. The summed E-state index contributed by atoms with van der Waals surface area (Å²) in [5.74, 6) is 1.06. The fourth-order valence-corrected chi connectivity index (χ4v) is 3.40. The molecule has 25 heavy (non-hydrogen) atoms. The molecule has 0 radical (unpaired) electrons. The van der Waals surface area contributed by atoms with Gasteiger partial charge in [-0.1, -0.05) is 27.2 Å². The van der Waals surface area contributed by atoms with Gasteiger partial charge in [0.25, 0.3) is 5.91 Å². The van der Waals surface area contributed by atoms with E-state index in [-0.39, 0.29) is 5.91 Å². The lowest BCUT2D eigenvalue weighted by Crippen LogP contribution is -2.49. The molecule has 1 N–H and O–H groups in total. The van der Waals surface area contributed by atoms with Gasteiger partial charge in [0.2, 0.25) is 5.88 Å². The Hall–Kier alpha value is -1.62. The molecule has 1 aliphatic carbocycles. The molecule has 140 valence electrons. The second-order valence-electron chi connectivity index (χ2n) is 7.13. The fourth-order valence-electron chi connectivity index (χ4n) is 3.40. The van der Waals surface area contributed by atoms with E-state index in [4.69, 9.17) is 9.47 Å². The first-order valence-electron chi connectivity index (χ1n) is 9.56. The lowest BCUT2D eigenvalue weighted by Gasteiger charge is -2.38. The Morgan fingerprint density at radius 1 is 1.32 bits per heavy atom. The van der Waals surface area contributed by atoms with Crippen LogP contribution in [-0.4, -0.2) is 29.7 Å². The zero-order chi connectivity index (χ0) is 18.3. The normalized spacial score (nSPS) is 23.3. The lowest BCUT2D eigenvalue weighted by molar-refractivity contribution is -0.148. The van der Waals surface area contributed by atoms with E-state index in [0.29, 0.717) is 25.0 Å². The van der Waals surface area contributed by atoms with Crippen LogP contribution in [0.2, 0.25) is 0 Å².